The predicted octanol–water partition coefficient (Wildman–Crippen LogP) is 3.79. The number of rotatable bonds is 3. The fourth-order valence-electron chi connectivity index (χ4n) is 1.58. The molecule has 0 aliphatic rings. The molecule has 0 aliphatic carbocycles. The van der Waals surface area contributed by atoms with Gasteiger partial charge in [0.15, 0.2) is 4.21 Å². The van der Waals surface area contributed by atoms with E-state index in [1.54, 1.807) is 12.1 Å². The highest BCUT2D eigenvalue weighted by atomic mass is 35.5. The lowest BCUT2D eigenvalue weighted by Gasteiger charge is -2.07. The van der Waals surface area contributed by atoms with E-state index in [-0.39, 0.29) is 4.21 Å². The second-order valence-corrected chi connectivity index (χ2v) is 7.41. The van der Waals surface area contributed by atoms with Gasteiger partial charge in [0.05, 0.1) is 4.34 Å². The van der Waals surface area contributed by atoms with E-state index >= 15 is 0 Å². The van der Waals surface area contributed by atoms with Gasteiger partial charge in [-0.1, -0.05) is 17.7 Å². The SMILES string of the molecule is Cc1cc(C)cc(OS(=O)(=O)c2ccc(Cl)s2)c1. The average molecular weight is 303 g/mol. The third-order valence-corrected chi connectivity index (χ3v) is 5.12. The van der Waals surface area contributed by atoms with Crippen molar-refractivity contribution in [3.8, 4) is 5.75 Å². The Bertz CT molecular complexity index is 654. The average Bonchev–Trinajstić information content (AvgIpc) is 2.62. The van der Waals surface area contributed by atoms with Crippen LogP contribution >= 0.6 is 22.9 Å². The smallest absolute Gasteiger partial charge is 0.348 e. The molecule has 0 aliphatic heterocycles. The van der Waals surface area contributed by atoms with Crippen molar-refractivity contribution < 1.29 is 12.6 Å². The highest BCUT2D eigenvalue weighted by molar-refractivity contribution is 7.89. The van der Waals surface area contributed by atoms with Gasteiger partial charge in [-0.3, -0.25) is 0 Å². The van der Waals surface area contributed by atoms with E-state index in [0.29, 0.717) is 10.1 Å². The second kappa shape index (κ2) is 4.91. The molecule has 0 amide bonds. The van der Waals surface area contributed by atoms with E-state index in [1.165, 1.54) is 12.1 Å². The lowest BCUT2D eigenvalue weighted by Crippen LogP contribution is -2.08. The van der Waals surface area contributed by atoms with Crippen molar-refractivity contribution in [2.24, 2.45) is 0 Å². The Hall–Kier alpha value is -1.04. The van der Waals surface area contributed by atoms with E-state index in [2.05, 4.69) is 0 Å². The van der Waals surface area contributed by atoms with E-state index < -0.39 is 10.1 Å². The molecule has 0 saturated carbocycles. The number of aryl methyl sites for hydroxylation is 2. The Morgan fingerprint density at radius 1 is 1.11 bits per heavy atom. The summed E-state index contributed by atoms with van der Waals surface area (Å²) in [6.07, 6.45) is 0. The van der Waals surface area contributed by atoms with Crippen molar-refractivity contribution in [1.82, 2.24) is 0 Å². The zero-order valence-corrected chi connectivity index (χ0v) is 12.2. The molecule has 1 aromatic carbocycles. The van der Waals surface area contributed by atoms with Crippen LogP contribution in [0.25, 0.3) is 0 Å². The van der Waals surface area contributed by atoms with Gasteiger partial charge in [-0.2, -0.15) is 8.42 Å². The third kappa shape index (κ3) is 3.04. The molecule has 1 heterocycles. The van der Waals surface area contributed by atoms with Gasteiger partial charge in [-0.05, 0) is 49.2 Å². The van der Waals surface area contributed by atoms with Crippen LogP contribution in [0.3, 0.4) is 0 Å². The number of benzene rings is 1. The molecule has 18 heavy (non-hydrogen) atoms. The fraction of sp³-hybridized carbons (Fsp3) is 0.167. The summed E-state index contributed by atoms with van der Waals surface area (Å²) in [5, 5.41) is 0. The van der Waals surface area contributed by atoms with Gasteiger partial charge in [-0.25, -0.2) is 0 Å². The third-order valence-electron chi connectivity index (χ3n) is 2.20. The van der Waals surface area contributed by atoms with Crippen LogP contribution in [-0.4, -0.2) is 8.42 Å². The molecule has 1 aromatic heterocycles. The van der Waals surface area contributed by atoms with Crippen molar-refractivity contribution in [2.45, 2.75) is 18.1 Å². The Labute approximate surface area is 115 Å². The molecule has 0 unspecified atom stereocenters. The minimum Gasteiger partial charge on any atom is -0.378 e. The van der Waals surface area contributed by atoms with E-state index in [0.717, 1.165) is 22.5 Å². The van der Waals surface area contributed by atoms with Gasteiger partial charge in [-0.15, -0.1) is 11.3 Å². The molecule has 0 atom stereocenters. The first kappa shape index (κ1) is 13.4. The monoisotopic (exact) mass is 302 g/mol. The van der Waals surface area contributed by atoms with Crippen molar-refractivity contribution >= 4 is 33.1 Å². The molecule has 2 rings (SSSR count). The molecule has 0 N–H and O–H groups in total. The molecular formula is C12H11ClO3S2. The fourth-order valence-corrected chi connectivity index (χ4v) is 3.94. The van der Waals surface area contributed by atoms with E-state index in [4.69, 9.17) is 15.8 Å². The summed E-state index contributed by atoms with van der Waals surface area (Å²) in [4.78, 5) is 0. The number of halogens is 1. The first-order valence-corrected chi connectivity index (χ1v) is 7.75. The lowest BCUT2D eigenvalue weighted by molar-refractivity contribution is 0.488. The summed E-state index contributed by atoms with van der Waals surface area (Å²) >= 11 is 6.69. The van der Waals surface area contributed by atoms with Crippen LogP contribution in [0.4, 0.5) is 0 Å². The minimum atomic E-state index is -3.79. The Morgan fingerprint density at radius 2 is 1.72 bits per heavy atom. The van der Waals surface area contributed by atoms with E-state index in [1.807, 2.05) is 19.9 Å². The van der Waals surface area contributed by atoms with Crippen molar-refractivity contribution in [3.05, 3.63) is 45.8 Å². The first-order chi connectivity index (χ1) is 8.37. The Morgan fingerprint density at radius 3 is 2.22 bits per heavy atom. The highest BCUT2D eigenvalue weighted by Gasteiger charge is 2.19. The van der Waals surface area contributed by atoms with Crippen LogP contribution in [0.15, 0.2) is 34.5 Å². The topological polar surface area (TPSA) is 43.4 Å². The summed E-state index contributed by atoms with van der Waals surface area (Å²) in [5.74, 6) is 0.317. The predicted molar refractivity (Wildman–Crippen MR) is 73.1 cm³/mol. The van der Waals surface area contributed by atoms with Crippen molar-refractivity contribution in [1.29, 1.82) is 0 Å². The standard InChI is InChI=1S/C12H11ClO3S2/c1-8-5-9(2)7-10(6-8)16-18(14,15)12-4-3-11(13)17-12/h3-7H,1-2H3. The molecule has 0 bridgehead atoms. The second-order valence-electron chi connectivity index (χ2n) is 3.92. The maximum atomic E-state index is 12.0. The maximum absolute atomic E-state index is 12.0. The molecule has 0 saturated heterocycles. The summed E-state index contributed by atoms with van der Waals surface area (Å²) < 4.78 is 29.5. The van der Waals surface area contributed by atoms with Gasteiger partial charge >= 0.3 is 10.1 Å². The Kier molecular flexibility index (Phi) is 3.66. The van der Waals surface area contributed by atoms with Crippen LogP contribution in [0.1, 0.15) is 11.1 Å². The Balaban J connectivity index is 2.33. The van der Waals surface area contributed by atoms with E-state index in [9.17, 15) is 8.42 Å². The van der Waals surface area contributed by atoms with Crippen LogP contribution in [0.5, 0.6) is 5.75 Å². The molecule has 2 aromatic rings. The number of hydrogen-bond acceptors (Lipinski definition) is 4. The molecule has 0 fully saturated rings. The van der Waals surface area contributed by atoms with Gasteiger partial charge in [0, 0.05) is 0 Å². The minimum absolute atomic E-state index is 0.103. The number of hydrogen-bond donors (Lipinski definition) is 0. The van der Waals surface area contributed by atoms with Crippen molar-refractivity contribution in [3.63, 3.8) is 0 Å². The van der Waals surface area contributed by atoms with Crippen LogP contribution < -0.4 is 4.18 Å². The zero-order chi connectivity index (χ0) is 13.3. The molecular weight excluding hydrogens is 292 g/mol. The van der Waals surface area contributed by atoms with Gasteiger partial charge in [0.2, 0.25) is 0 Å². The number of thiophene rings is 1. The van der Waals surface area contributed by atoms with Crippen LogP contribution in [0, 0.1) is 13.8 Å². The normalized spacial score (nSPS) is 11.5. The van der Waals surface area contributed by atoms with Gasteiger partial charge < -0.3 is 4.18 Å². The molecule has 96 valence electrons. The molecule has 6 heteroatoms. The van der Waals surface area contributed by atoms with Gasteiger partial charge in [0.1, 0.15) is 5.75 Å². The molecule has 3 nitrogen and oxygen atoms in total. The highest BCUT2D eigenvalue weighted by Crippen LogP contribution is 2.28. The maximum Gasteiger partial charge on any atom is 0.348 e. The summed E-state index contributed by atoms with van der Waals surface area (Å²) in [7, 11) is -3.79. The largest absolute Gasteiger partial charge is 0.378 e. The summed E-state index contributed by atoms with van der Waals surface area (Å²) in [6, 6.07) is 8.27. The quantitative estimate of drug-likeness (QED) is 0.810. The summed E-state index contributed by atoms with van der Waals surface area (Å²) in [5.41, 5.74) is 1.90. The van der Waals surface area contributed by atoms with Crippen LogP contribution in [-0.2, 0) is 10.1 Å². The first-order valence-electron chi connectivity index (χ1n) is 5.15. The lowest BCUT2D eigenvalue weighted by atomic mass is 10.1. The van der Waals surface area contributed by atoms with Crippen molar-refractivity contribution in [2.75, 3.05) is 0 Å². The molecule has 0 radical (unpaired) electrons. The zero-order valence-electron chi connectivity index (χ0n) is 9.81. The molecule has 0 spiro atoms. The van der Waals surface area contributed by atoms with Crippen LogP contribution in [0.2, 0.25) is 4.34 Å². The summed E-state index contributed by atoms with van der Waals surface area (Å²) in [6.45, 7) is 3.77. The van der Waals surface area contributed by atoms with Gasteiger partial charge in [0.25, 0.3) is 0 Å².